The Hall–Kier alpha value is -4.40. The molecule has 1 aliphatic heterocycles. The lowest BCUT2D eigenvalue weighted by molar-refractivity contribution is -0.136. The molecule has 9 heteroatoms. The van der Waals surface area contributed by atoms with E-state index in [0.29, 0.717) is 56.6 Å². The topological polar surface area (TPSA) is 79.1 Å². The molecule has 5 rings (SSSR count). The molecule has 3 aromatic carbocycles. The summed E-state index contributed by atoms with van der Waals surface area (Å²) in [6.45, 7) is 6.17. The molecule has 1 aliphatic rings. The molecular weight excluding hydrogens is 584 g/mol. The predicted octanol–water partition coefficient (Wildman–Crippen LogP) is 5.77. The number of carbonyl (C=O) groups excluding carboxylic acids is 1. The van der Waals surface area contributed by atoms with E-state index in [0.717, 1.165) is 22.3 Å². The number of aromatic nitrogens is 1. The Balaban J connectivity index is 1.62. The third-order valence-electron chi connectivity index (χ3n) is 7.10. The van der Waals surface area contributed by atoms with E-state index in [2.05, 4.69) is 6.58 Å². The molecule has 0 unspecified atom stereocenters. The predicted molar refractivity (Wildman–Crippen MR) is 170 cm³/mol. The maximum Gasteiger partial charge on any atom is 0.338 e. The van der Waals surface area contributed by atoms with E-state index in [1.165, 1.54) is 18.4 Å². The summed E-state index contributed by atoms with van der Waals surface area (Å²) in [6, 6.07) is 20.1. The Kier molecular flexibility index (Phi) is 9.28. The number of carbonyl (C=O) groups is 1. The molecule has 7 nitrogen and oxygen atoms in total. The van der Waals surface area contributed by atoms with Gasteiger partial charge in [-0.2, -0.15) is 0 Å². The third kappa shape index (κ3) is 6.21. The molecule has 220 valence electrons. The van der Waals surface area contributed by atoms with Crippen LogP contribution in [0.15, 0.2) is 100 Å². The van der Waals surface area contributed by atoms with Crippen molar-refractivity contribution in [1.82, 2.24) is 4.57 Å². The van der Waals surface area contributed by atoms with Gasteiger partial charge in [0, 0.05) is 10.6 Å². The number of hydrogen-bond donors (Lipinski definition) is 0. The minimum absolute atomic E-state index is 0.249. The highest BCUT2D eigenvalue weighted by atomic mass is 35.5. The summed E-state index contributed by atoms with van der Waals surface area (Å²) >= 11 is 7.31. The third-order valence-corrected chi connectivity index (χ3v) is 8.33. The van der Waals surface area contributed by atoms with Crippen molar-refractivity contribution < 1.29 is 19.0 Å². The standard InChI is InChI=1S/C34H31ClN2O5S/c1-5-10-24-17-22(18-27(40-3)31(24)42-20-21-13-15-25(35)16-14-21)19-28-32(38)37-30(23-11-8-7-9-12-23)29(33(39)41-4)26(6-2)36-34(37)43-28/h5,7-9,11-19,30H,1,6,10,20H2,2-4H3/b28-19-/t30-/m0/s1. The number of rotatable bonds is 10. The first kappa shape index (κ1) is 30.1. The maximum absolute atomic E-state index is 14.0. The zero-order valence-electron chi connectivity index (χ0n) is 24.1. The summed E-state index contributed by atoms with van der Waals surface area (Å²) < 4.78 is 19.1. The second-order valence-corrected chi connectivity index (χ2v) is 11.3. The Morgan fingerprint density at radius 1 is 1.12 bits per heavy atom. The largest absolute Gasteiger partial charge is 0.493 e. The Morgan fingerprint density at radius 2 is 1.86 bits per heavy atom. The number of benzene rings is 3. The van der Waals surface area contributed by atoms with Crippen LogP contribution in [0.2, 0.25) is 5.02 Å². The van der Waals surface area contributed by atoms with Crippen molar-refractivity contribution in [2.45, 2.75) is 32.4 Å². The van der Waals surface area contributed by atoms with Crippen LogP contribution in [0.5, 0.6) is 11.5 Å². The number of methoxy groups -OCH3 is 2. The van der Waals surface area contributed by atoms with Gasteiger partial charge in [0.1, 0.15) is 6.61 Å². The SMILES string of the molecule is C=CCc1cc(/C=c2\sc3n(c2=O)[C@@H](c2ccccc2)C(C(=O)OC)=C(CC)N=3)cc(OC)c1OCc1ccc(Cl)cc1. The smallest absolute Gasteiger partial charge is 0.338 e. The van der Waals surface area contributed by atoms with Gasteiger partial charge in [0.05, 0.1) is 36.1 Å². The molecule has 43 heavy (non-hydrogen) atoms. The summed E-state index contributed by atoms with van der Waals surface area (Å²) in [4.78, 5) is 32.3. The Labute approximate surface area is 258 Å². The molecule has 0 aliphatic carbocycles. The molecule has 0 saturated carbocycles. The minimum atomic E-state index is -0.656. The van der Waals surface area contributed by atoms with Gasteiger partial charge in [0.15, 0.2) is 16.3 Å². The van der Waals surface area contributed by atoms with Gasteiger partial charge in [-0.05, 0) is 59.9 Å². The molecule has 0 saturated heterocycles. The summed E-state index contributed by atoms with van der Waals surface area (Å²) in [5.74, 6) is 0.641. The van der Waals surface area contributed by atoms with Crippen LogP contribution in [0.3, 0.4) is 0 Å². The van der Waals surface area contributed by atoms with E-state index in [-0.39, 0.29) is 5.56 Å². The number of hydrogen-bond acceptors (Lipinski definition) is 7. The first-order valence-electron chi connectivity index (χ1n) is 13.8. The number of nitrogens with zero attached hydrogens (tertiary/aromatic N) is 2. The van der Waals surface area contributed by atoms with E-state index in [9.17, 15) is 9.59 Å². The fourth-order valence-corrected chi connectivity index (χ4v) is 6.24. The van der Waals surface area contributed by atoms with Gasteiger partial charge in [-0.25, -0.2) is 9.79 Å². The van der Waals surface area contributed by atoms with Crippen LogP contribution in [-0.4, -0.2) is 24.8 Å². The van der Waals surface area contributed by atoms with Gasteiger partial charge in [-0.15, -0.1) is 6.58 Å². The van der Waals surface area contributed by atoms with Crippen LogP contribution in [-0.2, 0) is 22.6 Å². The van der Waals surface area contributed by atoms with Crippen LogP contribution in [0, 0.1) is 0 Å². The molecule has 4 aromatic rings. The van der Waals surface area contributed by atoms with E-state index < -0.39 is 12.0 Å². The highest BCUT2D eigenvalue weighted by Gasteiger charge is 2.33. The lowest BCUT2D eigenvalue weighted by atomic mass is 9.95. The minimum Gasteiger partial charge on any atom is -0.493 e. The number of fused-ring (bicyclic) bond motifs is 1. The van der Waals surface area contributed by atoms with Crippen LogP contribution < -0.4 is 24.4 Å². The van der Waals surface area contributed by atoms with E-state index in [1.54, 1.807) is 17.8 Å². The van der Waals surface area contributed by atoms with Crippen molar-refractivity contribution in [2.24, 2.45) is 4.99 Å². The first-order valence-corrected chi connectivity index (χ1v) is 14.9. The van der Waals surface area contributed by atoms with Crippen molar-refractivity contribution in [1.29, 1.82) is 0 Å². The lowest BCUT2D eigenvalue weighted by Gasteiger charge is -2.25. The van der Waals surface area contributed by atoms with Crippen LogP contribution in [0.1, 0.15) is 41.6 Å². The summed E-state index contributed by atoms with van der Waals surface area (Å²) in [5, 5.41) is 0.658. The van der Waals surface area contributed by atoms with Crippen molar-refractivity contribution in [3.63, 3.8) is 0 Å². The van der Waals surface area contributed by atoms with Crippen molar-refractivity contribution in [3.05, 3.63) is 138 Å². The molecule has 0 fully saturated rings. The molecule has 0 amide bonds. The van der Waals surface area contributed by atoms with Gasteiger partial charge >= 0.3 is 5.97 Å². The highest BCUT2D eigenvalue weighted by molar-refractivity contribution is 7.07. The molecular formula is C34H31ClN2O5S. The first-order chi connectivity index (χ1) is 20.9. The molecule has 2 heterocycles. The summed E-state index contributed by atoms with van der Waals surface area (Å²) in [6.07, 6.45) is 4.66. The number of ether oxygens (including phenoxy) is 3. The molecule has 0 bridgehead atoms. The van der Waals surface area contributed by atoms with Crippen LogP contribution in [0.25, 0.3) is 6.08 Å². The van der Waals surface area contributed by atoms with Crippen LogP contribution >= 0.6 is 22.9 Å². The molecule has 0 N–H and O–H groups in total. The van der Waals surface area contributed by atoms with Crippen molar-refractivity contribution in [2.75, 3.05) is 14.2 Å². The molecule has 0 radical (unpaired) electrons. The lowest BCUT2D eigenvalue weighted by Crippen LogP contribution is -2.40. The fourth-order valence-electron chi connectivity index (χ4n) is 5.09. The Bertz CT molecular complexity index is 1870. The summed E-state index contributed by atoms with van der Waals surface area (Å²) in [7, 11) is 2.92. The van der Waals surface area contributed by atoms with Gasteiger partial charge in [0.2, 0.25) is 0 Å². The number of thiazole rings is 1. The Morgan fingerprint density at radius 3 is 2.51 bits per heavy atom. The average molecular weight is 615 g/mol. The normalized spacial score (nSPS) is 14.6. The van der Waals surface area contributed by atoms with Gasteiger partial charge < -0.3 is 14.2 Å². The molecule has 1 atom stereocenters. The number of halogens is 1. The van der Waals surface area contributed by atoms with E-state index in [1.807, 2.05) is 79.7 Å². The van der Waals surface area contributed by atoms with Crippen molar-refractivity contribution >= 4 is 35.0 Å². The number of esters is 1. The average Bonchev–Trinajstić information content (AvgIpc) is 3.34. The van der Waals surface area contributed by atoms with Gasteiger partial charge in [-0.1, -0.05) is 78.4 Å². The fraction of sp³-hybridized carbons (Fsp3) is 0.206. The maximum atomic E-state index is 14.0. The summed E-state index contributed by atoms with van der Waals surface area (Å²) in [5.41, 5.74) is 4.11. The quantitative estimate of drug-likeness (QED) is 0.167. The second kappa shape index (κ2) is 13.3. The molecule has 1 aromatic heterocycles. The van der Waals surface area contributed by atoms with E-state index >= 15 is 0 Å². The number of allylic oxidation sites excluding steroid dienone is 2. The van der Waals surface area contributed by atoms with Crippen molar-refractivity contribution in [3.8, 4) is 11.5 Å². The zero-order chi connectivity index (χ0) is 30.5. The van der Waals surface area contributed by atoms with Crippen LogP contribution in [0.4, 0.5) is 0 Å². The highest BCUT2D eigenvalue weighted by Crippen LogP contribution is 2.35. The van der Waals surface area contributed by atoms with E-state index in [4.69, 9.17) is 30.8 Å². The van der Waals surface area contributed by atoms with Gasteiger partial charge in [0.25, 0.3) is 5.56 Å². The monoisotopic (exact) mass is 614 g/mol. The zero-order valence-corrected chi connectivity index (χ0v) is 25.7. The van der Waals surface area contributed by atoms with Gasteiger partial charge in [-0.3, -0.25) is 9.36 Å². The molecule has 0 spiro atoms. The second-order valence-electron chi connectivity index (χ2n) is 9.82.